The number of aliphatic hydroxyl groups is 1. The van der Waals surface area contributed by atoms with Gasteiger partial charge in [-0.25, -0.2) is 4.98 Å². The Labute approximate surface area is 81.2 Å². The smallest absolute Gasteiger partial charge is 0.0997 e. The van der Waals surface area contributed by atoms with Crippen molar-refractivity contribution in [2.24, 2.45) is 5.73 Å². The minimum Gasteiger partial charge on any atom is -0.396 e. The van der Waals surface area contributed by atoms with Crippen LogP contribution in [-0.2, 0) is 0 Å². The van der Waals surface area contributed by atoms with E-state index in [9.17, 15) is 0 Å². The summed E-state index contributed by atoms with van der Waals surface area (Å²) in [5.74, 6) is 0. The lowest BCUT2D eigenvalue weighted by Gasteiger charge is -2.06. The van der Waals surface area contributed by atoms with Crippen LogP contribution in [0.4, 0.5) is 0 Å². The molecule has 2 aromatic heterocycles. The van der Waals surface area contributed by atoms with Crippen molar-refractivity contribution >= 4 is 5.52 Å². The highest BCUT2D eigenvalue weighted by Crippen LogP contribution is 2.16. The minimum atomic E-state index is -0.228. The van der Waals surface area contributed by atoms with Crippen molar-refractivity contribution in [3.8, 4) is 0 Å². The summed E-state index contributed by atoms with van der Waals surface area (Å²) >= 11 is 0. The van der Waals surface area contributed by atoms with E-state index in [4.69, 9.17) is 10.8 Å². The van der Waals surface area contributed by atoms with Gasteiger partial charge in [-0.2, -0.15) is 0 Å². The van der Waals surface area contributed by atoms with E-state index in [2.05, 4.69) is 9.97 Å². The predicted octanol–water partition coefficient (Wildman–Crippen LogP) is 0.111. The van der Waals surface area contributed by atoms with Crippen molar-refractivity contribution in [1.29, 1.82) is 0 Å². The van der Waals surface area contributed by atoms with Crippen LogP contribution in [0.3, 0.4) is 0 Å². The van der Waals surface area contributed by atoms with Gasteiger partial charge in [0.1, 0.15) is 0 Å². The summed E-state index contributed by atoms with van der Waals surface area (Å²) in [7, 11) is 0. The quantitative estimate of drug-likeness (QED) is 0.723. The largest absolute Gasteiger partial charge is 0.396 e. The highest BCUT2D eigenvalue weighted by Gasteiger charge is 2.11. The molecule has 2 aromatic rings. The van der Waals surface area contributed by atoms with Gasteiger partial charge >= 0.3 is 0 Å². The van der Waals surface area contributed by atoms with E-state index in [1.807, 2.05) is 10.6 Å². The average molecular weight is 192 g/mol. The second-order valence-corrected chi connectivity index (χ2v) is 3.12. The maximum atomic E-state index is 8.78. The van der Waals surface area contributed by atoms with Gasteiger partial charge in [-0.3, -0.25) is 4.98 Å². The molecule has 2 heterocycles. The molecule has 0 aliphatic rings. The van der Waals surface area contributed by atoms with Crippen LogP contribution in [0, 0.1) is 0 Å². The van der Waals surface area contributed by atoms with E-state index in [0.29, 0.717) is 6.42 Å². The summed E-state index contributed by atoms with van der Waals surface area (Å²) < 4.78 is 1.86. The van der Waals surface area contributed by atoms with Crippen LogP contribution in [-0.4, -0.2) is 26.1 Å². The highest BCUT2D eigenvalue weighted by molar-refractivity contribution is 5.51. The molecule has 0 spiro atoms. The van der Waals surface area contributed by atoms with Crippen LogP contribution in [0.15, 0.2) is 24.9 Å². The summed E-state index contributed by atoms with van der Waals surface area (Å²) in [6.45, 7) is 0.0699. The van der Waals surface area contributed by atoms with Crippen molar-refractivity contribution < 1.29 is 5.11 Å². The zero-order valence-corrected chi connectivity index (χ0v) is 7.67. The molecule has 0 amide bonds. The lowest BCUT2D eigenvalue weighted by atomic mass is 10.1. The number of nitrogens with zero attached hydrogens (tertiary/aromatic N) is 3. The number of aliphatic hydroxyl groups excluding tert-OH is 1. The molecule has 0 saturated heterocycles. The first-order valence-corrected chi connectivity index (χ1v) is 4.46. The van der Waals surface area contributed by atoms with Gasteiger partial charge in [-0.05, 0) is 6.42 Å². The Morgan fingerprint density at radius 2 is 2.43 bits per heavy atom. The molecule has 0 bridgehead atoms. The van der Waals surface area contributed by atoms with Crippen LogP contribution < -0.4 is 5.73 Å². The molecule has 0 aliphatic carbocycles. The standard InChI is InChI=1S/C9H12N4O/c10-7(1-4-14)9-8-5-11-2-3-13(8)6-12-9/h2-3,5-7,14H,1,4,10H2. The van der Waals surface area contributed by atoms with Crippen molar-refractivity contribution in [1.82, 2.24) is 14.4 Å². The fraction of sp³-hybridized carbons (Fsp3) is 0.333. The predicted molar refractivity (Wildman–Crippen MR) is 51.6 cm³/mol. The van der Waals surface area contributed by atoms with Crippen molar-refractivity contribution in [2.75, 3.05) is 6.61 Å². The van der Waals surface area contributed by atoms with E-state index < -0.39 is 0 Å². The Hall–Kier alpha value is -1.46. The molecular weight excluding hydrogens is 180 g/mol. The molecule has 0 aliphatic heterocycles. The van der Waals surface area contributed by atoms with Crippen LogP contribution in [0.5, 0.6) is 0 Å². The molecule has 3 N–H and O–H groups in total. The van der Waals surface area contributed by atoms with E-state index >= 15 is 0 Å². The lowest BCUT2D eigenvalue weighted by molar-refractivity contribution is 0.276. The first kappa shape index (κ1) is 9.11. The van der Waals surface area contributed by atoms with Crippen LogP contribution in [0.1, 0.15) is 18.2 Å². The van der Waals surface area contributed by atoms with Crippen molar-refractivity contribution in [3.05, 3.63) is 30.6 Å². The fourth-order valence-corrected chi connectivity index (χ4v) is 1.42. The molecular formula is C9H12N4O. The fourth-order valence-electron chi connectivity index (χ4n) is 1.42. The molecule has 0 aromatic carbocycles. The van der Waals surface area contributed by atoms with E-state index in [0.717, 1.165) is 11.2 Å². The van der Waals surface area contributed by atoms with Gasteiger partial charge < -0.3 is 15.2 Å². The molecule has 0 saturated carbocycles. The SMILES string of the molecule is NC(CCO)c1ncn2ccncc12. The molecule has 2 rings (SSSR count). The number of nitrogens with two attached hydrogens (primary N) is 1. The van der Waals surface area contributed by atoms with Gasteiger partial charge in [0.25, 0.3) is 0 Å². The lowest BCUT2D eigenvalue weighted by Crippen LogP contribution is -2.12. The van der Waals surface area contributed by atoms with Gasteiger partial charge in [0.2, 0.25) is 0 Å². The maximum absolute atomic E-state index is 8.78. The van der Waals surface area contributed by atoms with Gasteiger partial charge in [0, 0.05) is 19.0 Å². The van der Waals surface area contributed by atoms with Crippen LogP contribution in [0.25, 0.3) is 5.52 Å². The molecule has 0 fully saturated rings. The van der Waals surface area contributed by atoms with Gasteiger partial charge in [0.05, 0.1) is 29.8 Å². The Bertz CT molecular complexity index is 425. The summed E-state index contributed by atoms with van der Waals surface area (Å²) in [5, 5.41) is 8.78. The average Bonchev–Trinajstić information content (AvgIpc) is 2.61. The Morgan fingerprint density at radius 3 is 3.21 bits per heavy atom. The third-order valence-corrected chi connectivity index (χ3v) is 2.16. The third kappa shape index (κ3) is 1.47. The third-order valence-electron chi connectivity index (χ3n) is 2.16. The molecule has 74 valence electrons. The topological polar surface area (TPSA) is 76.4 Å². The van der Waals surface area contributed by atoms with E-state index in [1.165, 1.54) is 0 Å². The number of imidazole rings is 1. The molecule has 1 unspecified atom stereocenters. The van der Waals surface area contributed by atoms with Crippen molar-refractivity contribution in [2.45, 2.75) is 12.5 Å². The normalized spacial score (nSPS) is 13.3. The second-order valence-electron chi connectivity index (χ2n) is 3.12. The maximum Gasteiger partial charge on any atom is 0.0997 e. The summed E-state index contributed by atoms with van der Waals surface area (Å²) in [4.78, 5) is 8.21. The Balaban J connectivity index is 2.42. The summed E-state index contributed by atoms with van der Waals surface area (Å²) in [6, 6.07) is -0.228. The number of rotatable bonds is 3. The summed E-state index contributed by atoms with van der Waals surface area (Å²) in [6.07, 6.45) is 7.44. The molecule has 0 radical (unpaired) electrons. The van der Waals surface area contributed by atoms with E-state index in [1.54, 1.807) is 18.7 Å². The Kier molecular flexibility index (Phi) is 2.43. The molecule has 5 nitrogen and oxygen atoms in total. The first-order valence-electron chi connectivity index (χ1n) is 4.46. The van der Waals surface area contributed by atoms with Gasteiger partial charge in [-0.1, -0.05) is 0 Å². The highest BCUT2D eigenvalue weighted by atomic mass is 16.3. The Morgan fingerprint density at radius 1 is 1.57 bits per heavy atom. The second kappa shape index (κ2) is 3.73. The molecule has 14 heavy (non-hydrogen) atoms. The first-order chi connectivity index (χ1) is 6.83. The monoisotopic (exact) mass is 192 g/mol. The minimum absolute atomic E-state index is 0.0699. The summed E-state index contributed by atoms with van der Waals surface area (Å²) in [5.41, 5.74) is 7.53. The number of fused-ring (bicyclic) bond motifs is 1. The zero-order valence-electron chi connectivity index (χ0n) is 7.67. The number of hydrogen-bond acceptors (Lipinski definition) is 4. The van der Waals surface area contributed by atoms with E-state index in [-0.39, 0.29) is 12.6 Å². The van der Waals surface area contributed by atoms with Crippen LogP contribution in [0.2, 0.25) is 0 Å². The number of aromatic nitrogens is 3. The van der Waals surface area contributed by atoms with Crippen LogP contribution >= 0.6 is 0 Å². The number of hydrogen-bond donors (Lipinski definition) is 2. The van der Waals surface area contributed by atoms with Gasteiger partial charge in [-0.15, -0.1) is 0 Å². The molecule has 5 heteroatoms. The molecule has 1 atom stereocenters. The zero-order chi connectivity index (χ0) is 9.97. The van der Waals surface area contributed by atoms with Gasteiger partial charge in [0.15, 0.2) is 0 Å². The van der Waals surface area contributed by atoms with Crippen molar-refractivity contribution in [3.63, 3.8) is 0 Å².